The Balaban J connectivity index is 1.28. The minimum absolute atomic E-state index is 0.318. The molecule has 2 fully saturated rings. The summed E-state index contributed by atoms with van der Waals surface area (Å²) in [7, 11) is 0. The van der Waals surface area contributed by atoms with Gasteiger partial charge in [0.2, 0.25) is 0 Å². The third-order valence-corrected chi connectivity index (χ3v) is 6.50. The number of hydrogen-bond acceptors (Lipinski definition) is 5. The van der Waals surface area contributed by atoms with Crippen molar-refractivity contribution in [2.24, 2.45) is 0 Å². The van der Waals surface area contributed by atoms with Crippen molar-refractivity contribution in [3.8, 4) is 22.6 Å². The number of rotatable bonds is 5. The summed E-state index contributed by atoms with van der Waals surface area (Å²) in [6.07, 6.45) is 3.09. The molecule has 2 aromatic carbocycles. The highest BCUT2D eigenvalue weighted by Gasteiger charge is 2.26. The van der Waals surface area contributed by atoms with Crippen LogP contribution in [0.3, 0.4) is 0 Å². The molecular weight excluding hydrogens is 407 g/mol. The van der Waals surface area contributed by atoms with Crippen LogP contribution in [0.25, 0.3) is 22.6 Å². The summed E-state index contributed by atoms with van der Waals surface area (Å²) in [5, 5.41) is 0. The number of halogens is 1. The molecule has 5 rings (SSSR count). The molecule has 2 saturated heterocycles. The molecule has 3 aromatic rings. The first-order valence-electron chi connectivity index (χ1n) is 11.2. The molecule has 0 spiro atoms. The predicted octanol–water partition coefficient (Wildman–Crippen LogP) is 4.00. The van der Waals surface area contributed by atoms with Gasteiger partial charge in [0.15, 0.2) is 6.29 Å². The zero-order valence-electron chi connectivity index (χ0n) is 18.0. The van der Waals surface area contributed by atoms with Crippen molar-refractivity contribution in [1.82, 2.24) is 14.9 Å². The summed E-state index contributed by atoms with van der Waals surface area (Å²) < 4.78 is 18.7. The van der Waals surface area contributed by atoms with Crippen LogP contribution in [0.4, 0.5) is 10.1 Å². The lowest BCUT2D eigenvalue weighted by atomic mass is 10.0. The van der Waals surface area contributed by atoms with Crippen molar-refractivity contribution < 1.29 is 13.9 Å². The minimum atomic E-state index is -0.318. The van der Waals surface area contributed by atoms with Crippen molar-refractivity contribution >= 4 is 12.0 Å². The van der Waals surface area contributed by atoms with Gasteiger partial charge in [-0.3, -0.25) is 9.69 Å². The van der Waals surface area contributed by atoms with Crippen LogP contribution >= 0.6 is 0 Å². The van der Waals surface area contributed by atoms with E-state index in [2.05, 4.69) is 31.9 Å². The van der Waals surface area contributed by atoms with Gasteiger partial charge in [0.1, 0.15) is 17.3 Å². The van der Waals surface area contributed by atoms with Gasteiger partial charge in [0, 0.05) is 49.0 Å². The van der Waals surface area contributed by atoms with Crippen molar-refractivity contribution in [2.45, 2.75) is 18.9 Å². The molecule has 166 valence electrons. The Labute approximate surface area is 187 Å². The molecule has 0 saturated carbocycles. The Morgan fingerprint density at radius 2 is 1.59 bits per heavy atom. The van der Waals surface area contributed by atoms with Gasteiger partial charge in [-0.05, 0) is 61.4 Å². The van der Waals surface area contributed by atoms with Crippen molar-refractivity contribution in [2.75, 3.05) is 44.3 Å². The number of carbonyl (C=O) groups excluding carboxylic acids is 1. The highest BCUT2D eigenvalue weighted by atomic mass is 19.1. The molecule has 0 amide bonds. The van der Waals surface area contributed by atoms with E-state index in [-0.39, 0.29) is 5.82 Å². The molecule has 7 heteroatoms. The van der Waals surface area contributed by atoms with Crippen LogP contribution in [-0.4, -0.2) is 66.6 Å². The SMILES string of the molecule is O=Cc1[nH]c(-c2ccc(N3CCC(N4CCOCC4)CC3)cc2)nc1-c1ccc(F)cc1. The van der Waals surface area contributed by atoms with Crippen molar-refractivity contribution in [3.63, 3.8) is 0 Å². The van der Waals surface area contributed by atoms with E-state index in [4.69, 9.17) is 4.74 Å². The fourth-order valence-corrected chi connectivity index (χ4v) is 4.70. The minimum Gasteiger partial charge on any atom is -0.379 e. The average molecular weight is 435 g/mol. The number of imidazole rings is 1. The van der Waals surface area contributed by atoms with E-state index in [1.54, 1.807) is 12.1 Å². The maximum absolute atomic E-state index is 13.3. The lowest BCUT2D eigenvalue weighted by Gasteiger charge is -2.40. The van der Waals surface area contributed by atoms with E-state index < -0.39 is 0 Å². The third kappa shape index (κ3) is 4.31. The highest BCUT2D eigenvalue weighted by Crippen LogP contribution is 2.28. The maximum Gasteiger partial charge on any atom is 0.168 e. The number of nitrogens with zero attached hydrogens (tertiary/aromatic N) is 3. The van der Waals surface area contributed by atoms with Gasteiger partial charge in [-0.2, -0.15) is 0 Å². The Morgan fingerprint density at radius 1 is 0.938 bits per heavy atom. The number of aromatic amines is 1. The number of hydrogen-bond donors (Lipinski definition) is 1. The molecule has 32 heavy (non-hydrogen) atoms. The monoisotopic (exact) mass is 434 g/mol. The highest BCUT2D eigenvalue weighted by molar-refractivity contribution is 5.85. The van der Waals surface area contributed by atoms with Crippen LogP contribution < -0.4 is 4.90 Å². The molecule has 1 aromatic heterocycles. The number of ether oxygens (including phenoxy) is 1. The van der Waals surface area contributed by atoms with E-state index in [9.17, 15) is 9.18 Å². The van der Waals surface area contributed by atoms with E-state index in [0.717, 1.165) is 51.2 Å². The molecule has 3 heterocycles. The maximum atomic E-state index is 13.3. The molecule has 0 atom stereocenters. The summed E-state index contributed by atoms with van der Waals surface area (Å²) in [5.74, 6) is 0.311. The molecule has 1 N–H and O–H groups in total. The summed E-state index contributed by atoms with van der Waals surface area (Å²) >= 11 is 0. The standard InChI is InChI=1S/C25H27FN4O2/c26-20-5-1-18(2-6-20)24-23(17-31)27-25(28-24)19-3-7-21(8-4-19)29-11-9-22(10-12-29)30-13-15-32-16-14-30/h1-8,17,22H,9-16H2,(H,27,28). The number of H-pyrrole nitrogens is 1. The molecule has 2 aliphatic heterocycles. The Bertz CT molecular complexity index is 1050. The van der Waals surface area contributed by atoms with Gasteiger partial charge in [-0.25, -0.2) is 9.37 Å². The van der Waals surface area contributed by atoms with Crippen LogP contribution in [-0.2, 0) is 4.74 Å². The lowest BCUT2D eigenvalue weighted by Crippen LogP contribution is -2.49. The Morgan fingerprint density at radius 3 is 2.25 bits per heavy atom. The summed E-state index contributed by atoms with van der Waals surface area (Å²) in [6, 6.07) is 15.0. The van der Waals surface area contributed by atoms with Gasteiger partial charge in [0.05, 0.1) is 18.9 Å². The molecule has 2 aliphatic rings. The van der Waals surface area contributed by atoms with Crippen LogP contribution in [0.1, 0.15) is 23.3 Å². The summed E-state index contributed by atoms with van der Waals surface area (Å²) in [5.41, 5.74) is 3.74. The largest absolute Gasteiger partial charge is 0.379 e. The Kier molecular flexibility index (Phi) is 6.01. The topological polar surface area (TPSA) is 61.5 Å². The second-order valence-corrected chi connectivity index (χ2v) is 8.39. The van der Waals surface area contributed by atoms with Gasteiger partial charge >= 0.3 is 0 Å². The van der Waals surface area contributed by atoms with Gasteiger partial charge in [-0.15, -0.1) is 0 Å². The van der Waals surface area contributed by atoms with E-state index in [0.29, 0.717) is 28.8 Å². The quantitative estimate of drug-likeness (QED) is 0.615. The number of morpholine rings is 1. The number of benzene rings is 2. The summed E-state index contributed by atoms with van der Waals surface area (Å²) in [6.45, 7) is 5.89. The zero-order valence-corrected chi connectivity index (χ0v) is 18.0. The smallest absolute Gasteiger partial charge is 0.168 e. The summed E-state index contributed by atoms with van der Waals surface area (Å²) in [4.78, 5) is 24.3. The predicted molar refractivity (Wildman–Crippen MR) is 122 cm³/mol. The molecular formula is C25H27FN4O2. The van der Waals surface area contributed by atoms with Crippen molar-refractivity contribution in [3.05, 3.63) is 60.0 Å². The number of anilines is 1. The third-order valence-electron chi connectivity index (χ3n) is 6.50. The molecule has 0 radical (unpaired) electrons. The number of nitrogens with one attached hydrogen (secondary N) is 1. The first-order valence-corrected chi connectivity index (χ1v) is 11.2. The van der Waals surface area contributed by atoms with Crippen LogP contribution in [0.15, 0.2) is 48.5 Å². The average Bonchev–Trinajstić information content (AvgIpc) is 3.30. The van der Waals surface area contributed by atoms with Crippen LogP contribution in [0.2, 0.25) is 0 Å². The molecule has 0 unspecified atom stereocenters. The second-order valence-electron chi connectivity index (χ2n) is 8.39. The number of aromatic nitrogens is 2. The van der Waals surface area contributed by atoms with Crippen LogP contribution in [0.5, 0.6) is 0 Å². The zero-order chi connectivity index (χ0) is 21.9. The first-order chi connectivity index (χ1) is 15.7. The Hall–Kier alpha value is -3.03. The second kappa shape index (κ2) is 9.22. The van der Waals surface area contributed by atoms with Gasteiger partial charge in [-0.1, -0.05) is 0 Å². The first kappa shape index (κ1) is 20.8. The van der Waals surface area contributed by atoms with E-state index >= 15 is 0 Å². The van der Waals surface area contributed by atoms with E-state index in [1.807, 2.05) is 12.1 Å². The fourth-order valence-electron chi connectivity index (χ4n) is 4.70. The fraction of sp³-hybridized carbons (Fsp3) is 0.360. The van der Waals surface area contributed by atoms with E-state index in [1.165, 1.54) is 30.7 Å². The van der Waals surface area contributed by atoms with Gasteiger partial charge < -0.3 is 14.6 Å². The van der Waals surface area contributed by atoms with Gasteiger partial charge in [0.25, 0.3) is 0 Å². The number of carbonyl (C=O) groups is 1. The number of aldehydes is 1. The molecule has 6 nitrogen and oxygen atoms in total. The van der Waals surface area contributed by atoms with Crippen LogP contribution in [0, 0.1) is 5.82 Å². The molecule has 0 bridgehead atoms. The normalized spacial score (nSPS) is 18.1. The molecule has 0 aliphatic carbocycles. The number of piperidine rings is 1. The van der Waals surface area contributed by atoms with Crippen molar-refractivity contribution in [1.29, 1.82) is 0 Å². The lowest BCUT2D eigenvalue weighted by molar-refractivity contribution is 0.0115.